The summed E-state index contributed by atoms with van der Waals surface area (Å²) < 4.78 is 5.11. The van der Waals surface area contributed by atoms with Crippen molar-refractivity contribution in [2.24, 2.45) is 5.73 Å². The number of hydrogen-bond acceptors (Lipinski definition) is 6. The van der Waals surface area contributed by atoms with E-state index in [0.717, 1.165) is 0 Å². The topological polar surface area (TPSA) is 111 Å². The quantitative estimate of drug-likeness (QED) is 0.812. The number of rotatable bonds is 5. The molecule has 0 spiro atoms. The molecule has 0 radical (unpaired) electrons. The second-order valence-corrected chi connectivity index (χ2v) is 5.20. The molecule has 0 aliphatic carbocycles. The Balaban J connectivity index is 1.93. The third-order valence-electron chi connectivity index (χ3n) is 2.59. The van der Waals surface area contributed by atoms with Crippen molar-refractivity contribution in [1.82, 2.24) is 4.98 Å². The van der Waals surface area contributed by atoms with Crippen LogP contribution in [-0.4, -0.2) is 22.8 Å². The highest BCUT2D eigenvalue weighted by Crippen LogP contribution is 2.16. The Kier molecular flexibility index (Phi) is 4.84. The Bertz CT molecular complexity index is 709. The molecule has 1 aromatic heterocycles. The van der Waals surface area contributed by atoms with Gasteiger partial charge in [0, 0.05) is 17.9 Å². The van der Waals surface area contributed by atoms with Gasteiger partial charge in [-0.1, -0.05) is 0 Å². The molecule has 3 N–H and O–H groups in total. The molecule has 0 saturated heterocycles. The minimum absolute atomic E-state index is 0.00745. The SMILES string of the molecule is CC(=O)Nc1nc(COC(=O)c2ccc(C(N)=O)cc2)cs1. The molecule has 0 aliphatic rings. The summed E-state index contributed by atoms with van der Waals surface area (Å²) in [6.07, 6.45) is 0. The maximum Gasteiger partial charge on any atom is 0.338 e. The van der Waals surface area contributed by atoms with Crippen molar-refractivity contribution in [1.29, 1.82) is 0 Å². The van der Waals surface area contributed by atoms with Gasteiger partial charge in [-0.25, -0.2) is 9.78 Å². The first-order chi connectivity index (χ1) is 10.5. The normalized spacial score (nSPS) is 10.0. The number of nitrogens with two attached hydrogens (primary N) is 1. The molecule has 0 saturated carbocycles. The largest absolute Gasteiger partial charge is 0.456 e. The average molecular weight is 319 g/mol. The number of primary amides is 1. The van der Waals surface area contributed by atoms with E-state index in [1.807, 2.05) is 0 Å². The Hall–Kier alpha value is -2.74. The fraction of sp³-hybridized carbons (Fsp3) is 0.143. The Morgan fingerprint density at radius 3 is 2.45 bits per heavy atom. The lowest BCUT2D eigenvalue weighted by Crippen LogP contribution is -2.11. The van der Waals surface area contributed by atoms with Crippen LogP contribution in [0.3, 0.4) is 0 Å². The van der Waals surface area contributed by atoms with Gasteiger partial charge in [0.15, 0.2) is 5.13 Å². The summed E-state index contributed by atoms with van der Waals surface area (Å²) in [5.41, 5.74) is 6.28. The Morgan fingerprint density at radius 2 is 1.86 bits per heavy atom. The Labute approximate surface area is 130 Å². The summed E-state index contributed by atoms with van der Waals surface area (Å²) in [7, 11) is 0. The molecule has 0 bridgehead atoms. The van der Waals surface area contributed by atoms with E-state index in [9.17, 15) is 14.4 Å². The lowest BCUT2D eigenvalue weighted by molar-refractivity contribution is -0.114. The number of carbonyl (C=O) groups is 3. The van der Waals surface area contributed by atoms with Crippen LogP contribution in [-0.2, 0) is 16.1 Å². The fourth-order valence-corrected chi connectivity index (χ4v) is 2.32. The van der Waals surface area contributed by atoms with Crippen LogP contribution in [0.15, 0.2) is 29.6 Å². The van der Waals surface area contributed by atoms with E-state index in [-0.39, 0.29) is 12.5 Å². The number of esters is 1. The molecule has 0 atom stereocenters. The van der Waals surface area contributed by atoms with Gasteiger partial charge in [0.25, 0.3) is 0 Å². The summed E-state index contributed by atoms with van der Waals surface area (Å²) in [6.45, 7) is 1.38. The van der Waals surface area contributed by atoms with Crippen LogP contribution < -0.4 is 11.1 Å². The number of ether oxygens (including phenoxy) is 1. The van der Waals surface area contributed by atoms with Crippen molar-refractivity contribution in [3.8, 4) is 0 Å². The van der Waals surface area contributed by atoms with Crippen molar-refractivity contribution >= 4 is 34.3 Å². The number of aromatic nitrogens is 1. The molecule has 2 amide bonds. The zero-order valence-corrected chi connectivity index (χ0v) is 12.5. The van der Waals surface area contributed by atoms with E-state index in [2.05, 4.69) is 10.3 Å². The minimum Gasteiger partial charge on any atom is -0.456 e. The van der Waals surface area contributed by atoms with Gasteiger partial charge in [-0.15, -0.1) is 11.3 Å². The number of hydrogen-bond donors (Lipinski definition) is 2. The van der Waals surface area contributed by atoms with Crippen LogP contribution in [0.1, 0.15) is 33.3 Å². The van der Waals surface area contributed by atoms with Crippen LogP contribution in [0.4, 0.5) is 5.13 Å². The number of nitrogens with one attached hydrogen (secondary N) is 1. The molecule has 0 unspecified atom stereocenters. The lowest BCUT2D eigenvalue weighted by atomic mass is 10.1. The van der Waals surface area contributed by atoms with Gasteiger partial charge in [0.1, 0.15) is 6.61 Å². The molecule has 2 aromatic rings. The maximum absolute atomic E-state index is 11.9. The van der Waals surface area contributed by atoms with Crippen molar-refractivity contribution in [2.75, 3.05) is 5.32 Å². The molecule has 22 heavy (non-hydrogen) atoms. The molecule has 1 heterocycles. The van der Waals surface area contributed by atoms with Crippen molar-refractivity contribution in [3.05, 3.63) is 46.5 Å². The fourth-order valence-electron chi connectivity index (χ4n) is 1.57. The van der Waals surface area contributed by atoms with Gasteiger partial charge in [-0.3, -0.25) is 9.59 Å². The molecular formula is C14H13N3O4S. The smallest absolute Gasteiger partial charge is 0.338 e. The van der Waals surface area contributed by atoms with E-state index in [0.29, 0.717) is 22.0 Å². The first-order valence-corrected chi connectivity index (χ1v) is 7.12. The Morgan fingerprint density at radius 1 is 1.23 bits per heavy atom. The van der Waals surface area contributed by atoms with E-state index >= 15 is 0 Å². The van der Waals surface area contributed by atoms with Gasteiger partial charge in [0.05, 0.1) is 11.3 Å². The molecule has 2 rings (SSSR count). The average Bonchev–Trinajstić information content (AvgIpc) is 2.91. The van der Waals surface area contributed by atoms with Gasteiger partial charge in [-0.2, -0.15) is 0 Å². The summed E-state index contributed by atoms with van der Waals surface area (Å²) in [4.78, 5) is 37.8. The molecule has 1 aromatic carbocycles. The molecular weight excluding hydrogens is 306 g/mol. The third kappa shape index (κ3) is 4.13. The van der Waals surface area contributed by atoms with E-state index in [1.54, 1.807) is 5.38 Å². The van der Waals surface area contributed by atoms with Gasteiger partial charge < -0.3 is 15.8 Å². The molecule has 8 heteroatoms. The summed E-state index contributed by atoms with van der Waals surface area (Å²) in [5, 5.41) is 4.68. The minimum atomic E-state index is -0.562. The first-order valence-electron chi connectivity index (χ1n) is 6.24. The number of carbonyl (C=O) groups excluding carboxylic acids is 3. The van der Waals surface area contributed by atoms with Gasteiger partial charge in [-0.05, 0) is 24.3 Å². The number of thiazole rings is 1. The van der Waals surface area contributed by atoms with Crippen LogP contribution in [0.2, 0.25) is 0 Å². The highest BCUT2D eigenvalue weighted by Gasteiger charge is 2.10. The first kappa shape index (κ1) is 15.6. The lowest BCUT2D eigenvalue weighted by Gasteiger charge is -2.03. The number of anilines is 1. The molecule has 0 fully saturated rings. The highest BCUT2D eigenvalue weighted by atomic mass is 32.1. The van der Waals surface area contributed by atoms with Crippen LogP contribution in [0, 0.1) is 0 Å². The van der Waals surface area contributed by atoms with Gasteiger partial charge >= 0.3 is 5.97 Å². The van der Waals surface area contributed by atoms with Crippen molar-refractivity contribution in [2.45, 2.75) is 13.5 Å². The number of amides is 2. The number of nitrogens with zero attached hydrogens (tertiary/aromatic N) is 1. The summed E-state index contributed by atoms with van der Waals surface area (Å²) in [5.74, 6) is -1.31. The van der Waals surface area contributed by atoms with Gasteiger partial charge in [0.2, 0.25) is 11.8 Å². The second kappa shape index (κ2) is 6.81. The predicted octanol–water partition coefficient (Wildman–Crippen LogP) is 1.56. The van der Waals surface area contributed by atoms with Crippen LogP contribution in [0.25, 0.3) is 0 Å². The molecule has 0 aliphatic heterocycles. The molecule has 7 nitrogen and oxygen atoms in total. The predicted molar refractivity (Wildman–Crippen MR) is 80.5 cm³/mol. The standard InChI is InChI=1S/C14H13N3O4S/c1-8(18)16-14-17-11(7-22-14)6-21-13(20)10-4-2-9(3-5-10)12(15)19/h2-5,7H,6H2,1H3,(H2,15,19)(H,16,17,18). The molecule has 114 valence electrons. The third-order valence-corrected chi connectivity index (χ3v) is 3.40. The van der Waals surface area contributed by atoms with Crippen molar-refractivity contribution in [3.63, 3.8) is 0 Å². The maximum atomic E-state index is 11.9. The van der Waals surface area contributed by atoms with E-state index in [1.165, 1.54) is 42.5 Å². The zero-order chi connectivity index (χ0) is 16.1. The van der Waals surface area contributed by atoms with E-state index in [4.69, 9.17) is 10.5 Å². The monoisotopic (exact) mass is 319 g/mol. The summed E-state index contributed by atoms with van der Waals surface area (Å²) in [6, 6.07) is 5.84. The van der Waals surface area contributed by atoms with Crippen LogP contribution >= 0.6 is 11.3 Å². The summed E-state index contributed by atoms with van der Waals surface area (Å²) >= 11 is 1.24. The number of benzene rings is 1. The van der Waals surface area contributed by atoms with Crippen molar-refractivity contribution < 1.29 is 19.1 Å². The van der Waals surface area contributed by atoms with Crippen LogP contribution in [0.5, 0.6) is 0 Å². The zero-order valence-electron chi connectivity index (χ0n) is 11.7. The second-order valence-electron chi connectivity index (χ2n) is 4.34. The van der Waals surface area contributed by atoms with E-state index < -0.39 is 11.9 Å². The highest BCUT2D eigenvalue weighted by molar-refractivity contribution is 7.13.